The molecule has 3 heteroatoms. The third kappa shape index (κ3) is 10.2. The third-order valence-corrected chi connectivity index (χ3v) is 3.06. The zero-order valence-corrected chi connectivity index (χ0v) is 12.3. The van der Waals surface area contributed by atoms with Gasteiger partial charge in [-0.2, -0.15) is 5.10 Å². The van der Waals surface area contributed by atoms with Gasteiger partial charge in [0.15, 0.2) is 0 Å². The summed E-state index contributed by atoms with van der Waals surface area (Å²) in [5, 5.41) is 5.86. The number of hydrogen-bond acceptors (Lipinski definition) is 3. The molecule has 0 fully saturated rings. The Hall–Kier alpha value is -0.990. The zero-order chi connectivity index (χ0) is 13.6. The third-order valence-electron chi connectivity index (χ3n) is 3.06. The molecule has 0 aromatic rings. The Bertz CT molecular complexity index is 224. The van der Waals surface area contributed by atoms with Crippen LogP contribution in [0.15, 0.2) is 17.0 Å². The second-order valence-electron chi connectivity index (χ2n) is 4.88. The van der Waals surface area contributed by atoms with Gasteiger partial charge in [0.05, 0.1) is 0 Å². The molecule has 0 bridgehead atoms. The lowest BCUT2D eigenvalue weighted by atomic mass is 10.1. The fraction of sp³-hybridized carbons (Fsp3) is 0.800. The number of allylic oxidation sites excluding steroid dienone is 1. The van der Waals surface area contributed by atoms with Crippen LogP contribution in [0.5, 0.6) is 0 Å². The Morgan fingerprint density at radius 2 is 1.67 bits per heavy atom. The van der Waals surface area contributed by atoms with Crippen molar-refractivity contribution in [1.82, 2.24) is 5.01 Å². The van der Waals surface area contributed by atoms with E-state index in [1.165, 1.54) is 44.9 Å². The van der Waals surface area contributed by atoms with E-state index in [2.05, 4.69) is 25.7 Å². The van der Waals surface area contributed by atoms with Gasteiger partial charge < -0.3 is 5.73 Å². The van der Waals surface area contributed by atoms with E-state index in [4.69, 9.17) is 5.73 Å². The van der Waals surface area contributed by atoms with Crippen LogP contribution in [0.4, 0.5) is 0 Å². The molecule has 106 valence electrons. The normalized spacial score (nSPS) is 11.6. The molecule has 0 aliphatic carbocycles. The summed E-state index contributed by atoms with van der Waals surface area (Å²) < 4.78 is 0. The lowest BCUT2D eigenvalue weighted by Gasteiger charge is -2.14. The maximum atomic E-state index is 6.00. The SMILES string of the molecule is C=NN(/C=C(\N)CCCCCCC)CCCCC. The second-order valence-corrected chi connectivity index (χ2v) is 4.88. The first-order valence-corrected chi connectivity index (χ1v) is 7.44. The van der Waals surface area contributed by atoms with Gasteiger partial charge in [-0.05, 0) is 19.3 Å². The van der Waals surface area contributed by atoms with Crippen molar-refractivity contribution in [3.63, 3.8) is 0 Å². The molecule has 0 aliphatic heterocycles. The molecule has 0 rings (SSSR count). The van der Waals surface area contributed by atoms with E-state index in [0.717, 1.165) is 25.1 Å². The summed E-state index contributed by atoms with van der Waals surface area (Å²) in [4.78, 5) is 0. The molecule has 0 saturated carbocycles. The molecule has 0 aromatic carbocycles. The van der Waals surface area contributed by atoms with Crippen LogP contribution in [0.2, 0.25) is 0 Å². The Balaban J connectivity index is 3.77. The minimum Gasteiger partial charge on any atom is -0.401 e. The highest BCUT2D eigenvalue weighted by Crippen LogP contribution is 2.09. The van der Waals surface area contributed by atoms with Crippen molar-refractivity contribution in [2.24, 2.45) is 10.8 Å². The van der Waals surface area contributed by atoms with Gasteiger partial charge in [-0.1, -0.05) is 52.4 Å². The van der Waals surface area contributed by atoms with Crippen LogP contribution in [-0.4, -0.2) is 18.3 Å². The molecular formula is C15H31N3. The molecule has 0 atom stereocenters. The predicted octanol–water partition coefficient (Wildman–Crippen LogP) is 4.25. The van der Waals surface area contributed by atoms with Gasteiger partial charge in [-0.15, -0.1) is 0 Å². The number of hydrogen-bond donors (Lipinski definition) is 1. The van der Waals surface area contributed by atoms with Crippen molar-refractivity contribution in [3.05, 3.63) is 11.9 Å². The molecule has 0 radical (unpaired) electrons. The standard InChI is InChI=1S/C15H31N3/c1-4-6-8-9-10-12-15(16)14-18(17-3)13-11-7-5-2/h14H,3-13,16H2,1-2H3/b15-14-. The monoisotopic (exact) mass is 253 g/mol. The van der Waals surface area contributed by atoms with E-state index in [-0.39, 0.29) is 0 Å². The number of nitrogens with zero attached hydrogens (tertiary/aromatic N) is 2. The molecule has 0 unspecified atom stereocenters. The Morgan fingerprint density at radius 3 is 2.28 bits per heavy atom. The van der Waals surface area contributed by atoms with Crippen LogP contribution in [0.3, 0.4) is 0 Å². The summed E-state index contributed by atoms with van der Waals surface area (Å²) in [5.74, 6) is 0. The maximum absolute atomic E-state index is 6.00. The van der Waals surface area contributed by atoms with Gasteiger partial charge in [0.25, 0.3) is 0 Å². The number of rotatable bonds is 12. The van der Waals surface area contributed by atoms with Gasteiger partial charge in [0, 0.05) is 25.2 Å². The molecule has 2 N–H and O–H groups in total. The second kappa shape index (κ2) is 12.5. The average molecular weight is 253 g/mol. The lowest BCUT2D eigenvalue weighted by molar-refractivity contribution is 0.383. The van der Waals surface area contributed by atoms with E-state index in [1.807, 2.05) is 11.2 Å². The van der Waals surface area contributed by atoms with Crippen LogP contribution in [0.25, 0.3) is 0 Å². The maximum Gasteiger partial charge on any atom is 0.0419 e. The topological polar surface area (TPSA) is 41.6 Å². The summed E-state index contributed by atoms with van der Waals surface area (Å²) >= 11 is 0. The number of hydrazone groups is 1. The molecule has 3 nitrogen and oxygen atoms in total. The lowest BCUT2D eigenvalue weighted by Crippen LogP contribution is -2.14. The van der Waals surface area contributed by atoms with Crippen LogP contribution < -0.4 is 5.73 Å². The number of unbranched alkanes of at least 4 members (excludes halogenated alkanes) is 6. The van der Waals surface area contributed by atoms with E-state index >= 15 is 0 Å². The van der Waals surface area contributed by atoms with Gasteiger partial charge in [-0.25, -0.2) is 0 Å². The molecule has 0 aromatic heterocycles. The molecule has 0 amide bonds. The molecule has 0 spiro atoms. The molecular weight excluding hydrogens is 222 g/mol. The van der Waals surface area contributed by atoms with Crippen molar-refractivity contribution in [2.45, 2.75) is 71.6 Å². The van der Waals surface area contributed by atoms with Crippen molar-refractivity contribution in [1.29, 1.82) is 0 Å². The minimum atomic E-state index is 0.924. The smallest absolute Gasteiger partial charge is 0.0419 e. The minimum absolute atomic E-state index is 0.924. The Labute approximate surface area is 113 Å². The Kier molecular flexibility index (Phi) is 11.8. The van der Waals surface area contributed by atoms with E-state index < -0.39 is 0 Å². The number of nitrogens with two attached hydrogens (primary N) is 1. The van der Waals surface area contributed by atoms with E-state index in [1.54, 1.807) is 0 Å². The van der Waals surface area contributed by atoms with Crippen molar-refractivity contribution in [2.75, 3.05) is 6.54 Å². The first-order chi connectivity index (χ1) is 8.74. The molecule has 0 heterocycles. The predicted molar refractivity (Wildman–Crippen MR) is 81.4 cm³/mol. The first kappa shape index (κ1) is 17.0. The van der Waals surface area contributed by atoms with Crippen molar-refractivity contribution in [3.8, 4) is 0 Å². The zero-order valence-electron chi connectivity index (χ0n) is 12.3. The summed E-state index contributed by atoms with van der Waals surface area (Å²) in [5.41, 5.74) is 6.93. The van der Waals surface area contributed by atoms with Crippen molar-refractivity contribution < 1.29 is 0 Å². The fourth-order valence-corrected chi connectivity index (χ4v) is 1.89. The summed E-state index contributed by atoms with van der Waals surface area (Å²) in [7, 11) is 0. The van der Waals surface area contributed by atoms with Crippen LogP contribution in [-0.2, 0) is 0 Å². The highest BCUT2D eigenvalue weighted by atomic mass is 15.4. The molecule has 0 aliphatic rings. The average Bonchev–Trinajstić information content (AvgIpc) is 2.37. The molecule has 18 heavy (non-hydrogen) atoms. The van der Waals surface area contributed by atoms with Gasteiger partial charge in [0.2, 0.25) is 0 Å². The van der Waals surface area contributed by atoms with Gasteiger partial charge in [-0.3, -0.25) is 5.01 Å². The highest BCUT2D eigenvalue weighted by molar-refractivity contribution is 5.23. The van der Waals surface area contributed by atoms with Gasteiger partial charge >= 0.3 is 0 Å². The van der Waals surface area contributed by atoms with Crippen LogP contribution >= 0.6 is 0 Å². The quantitative estimate of drug-likeness (QED) is 0.321. The summed E-state index contributed by atoms with van der Waals surface area (Å²) in [6.45, 7) is 8.95. The highest BCUT2D eigenvalue weighted by Gasteiger charge is 1.98. The van der Waals surface area contributed by atoms with Crippen molar-refractivity contribution >= 4 is 6.72 Å². The largest absolute Gasteiger partial charge is 0.401 e. The van der Waals surface area contributed by atoms with E-state index in [0.29, 0.717) is 0 Å². The fourth-order valence-electron chi connectivity index (χ4n) is 1.89. The van der Waals surface area contributed by atoms with Crippen LogP contribution in [0, 0.1) is 0 Å². The summed E-state index contributed by atoms with van der Waals surface area (Å²) in [6.07, 6.45) is 12.9. The first-order valence-electron chi connectivity index (χ1n) is 7.44. The molecule has 0 saturated heterocycles. The van der Waals surface area contributed by atoms with E-state index in [9.17, 15) is 0 Å². The van der Waals surface area contributed by atoms with Crippen LogP contribution in [0.1, 0.15) is 71.6 Å². The summed E-state index contributed by atoms with van der Waals surface area (Å²) in [6, 6.07) is 0. The Morgan fingerprint density at radius 1 is 1.06 bits per heavy atom. The van der Waals surface area contributed by atoms with Gasteiger partial charge in [0.1, 0.15) is 0 Å².